The minimum atomic E-state index is -0.495. The second kappa shape index (κ2) is 8.21. The van der Waals surface area contributed by atoms with E-state index in [2.05, 4.69) is 25.6 Å². The van der Waals surface area contributed by atoms with E-state index in [1.807, 2.05) is 13.0 Å². The first kappa shape index (κ1) is 19.5. The van der Waals surface area contributed by atoms with E-state index in [0.29, 0.717) is 23.1 Å². The van der Waals surface area contributed by atoms with Gasteiger partial charge in [-0.2, -0.15) is 5.26 Å². The predicted octanol–water partition coefficient (Wildman–Crippen LogP) is 4.66. The van der Waals surface area contributed by atoms with E-state index in [1.54, 1.807) is 31.3 Å². The Morgan fingerprint density at radius 3 is 2.43 bits per heavy atom. The fraction of sp³-hybridized carbons (Fsp3) is 0.105. The van der Waals surface area contributed by atoms with Gasteiger partial charge >= 0.3 is 0 Å². The highest BCUT2D eigenvalue weighted by molar-refractivity contribution is 6.40. The molecule has 0 aliphatic heterocycles. The Balaban J connectivity index is 1.81. The molecule has 3 rings (SSSR count). The number of hydrogen-bond acceptors (Lipinski definition) is 6. The molecule has 28 heavy (non-hydrogen) atoms. The van der Waals surface area contributed by atoms with E-state index in [9.17, 15) is 4.79 Å². The first-order valence-corrected chi connectivity index (χ1v) is 8.87. The predicted molar refractivity (Wildman–Crippen MR) is 108 cm³/mol. The molecule has 2 aromatic heterocycles. The number of aromatic nitrogens is 3. The third kappa shape index (κ3) is 4.55. The Hall–Kier alpha value is -3.21. The quantitative estimate of drug-likeness (QED) is 0.645. The van der Waals surface area contributed by atoms with Crippen molar-refractivity contribution in [3.8, 4) is 6.07 Å². The molecular formula is C19H14Cl2N6O. The van der Waals surface area contributed by atoms with E-state index >= 15 is 0 Å². The molecule has 2 N–H and O–H groups in total. The van der Waals surface area contributed by atoms with E-state index in [-0.39, 0.29) is 21.2 Å². The van der Waals surface area contributed by atoms with Crippen molar-refractivity contribution in [2.24, 2.45) is 0 Å². The van der Waals surface area contributed by atoms with Crippen LogP contribution in [0.5, 0.6) is 0 Å². The Kier molecular flexibility index (Phi) is 5.73. The molecule has 0 unspecified atom stereocenters. The summed E-state index contributed by atoms with van der Waals surface area (Å²) in [6, 6.07) is 9.78. The SMILES string of the molecule is Cc1cc(Nc2cc(NC(=O)c3c(Cl)cc(C#N)cc3Cl)ccn2)nc(C)n1. The third-order valence-electron chi connectivity index (χ3n) is 3.64. The van der Waals surface area contributed by atoms with Gasteiger partial charge in [-0.3, -0.25) is 4.79 Å². The van der Waals surface area contributed by atoms with E-state index in [0.717, 1.165) is 5.69 Å². The van der Waals surface area contributed by atoms with Crippen LogP contribution < -0.4 is 10.6 Å². The maximum absolute atomic E-state index is 12.6. The smallest absolute Gasteiger partial charge is 0.258 e. The standard InChI is InChI=1S/C19H14Cl2N6O/c1-10-5-17(25-11(2)24-10)27-16-8-13(3-4-23-16)26-19(28)18-14(20)6-12(9-22)7-15(18)21/h3-8H,1-2H3,(H2,23,24,25,26,27,28). The second-order valence-electron chi connectivity index (χ2n) is 5.88. The highest BCUT2D eigenvalue weighted by Crippen LogP contribution is 2.27. The van der Waals surface area contributed by atoms with Crippen molar-refractivity contribution in [1.29, 1.82) is 5.26 Å². The van der Waals surface area contributed by atoms with Crippen LogP contribution in [0.3, 0.4) is 0 Å². The molecule has 1 aromatic carbocycles. The van der Waals surface area contributed by atoms with Gasteiger partial charge in [0.05, 0.1) is 27.2 Å². The molecule has 0 fully saturated rings. The molecule has 0 spiro atoms. The average Bonchev–Trinajstić information content (AvgIpc) is 2.60. The summed E-state index contributed by atoms with van der Waals surface area (Å²) in [5.41, 5.74) is 1.68. The van der Waals surface area contributed by atoms with Crippen molar-refractivity contribution in [1.82, 2.24) is 15.0 Å². The Morgan fingerprint density at radius 2 is 1.79 bits per heavy atom. The summed E-state index contributed by atoms with van der Waals surface area (Å²) in [6.45, 7) is 3.67. The average molecular weight is 413 g/mol. The zero-order chi connectivity index (χ0) is 20.3. The van der Waals surface area contributed by atoms with Gasteiger partial charge in [0.1, 0.15) is 17.5 Å². The first-order chi connectivity index (χ1) is 13.4. The van der Waals surface area contributed by atoms with Crippen molar-refractivity contribution in [2.45, 2.75) is 13.8 Å². The molecule has 9 heteroatoms. The van der Waals surface area contributed by atoms with Gasteiger partial charge in [0.15, 0.2) is 0 Å². The van der Waals surface area contributed by atoms with Crippen LogP contribution >= 0.6 is 23.2 Å². The molecule has 0 aliphatic rings. The van der Waals surface area contributed by atoms with Gasteiger partial charge in [-0.15, -0.1) is 0 Å². The molecule has 0 saturated carbocycles. The van der Waals surface area contributed by atoms with Crippen molar-refractivity contribution in [3.63, 3.8) is 0 Å². The molecule has 140 valence electrons. The van der Waals surface area contributed by atoms with Gasteiger partial charge < -0.3 is 10.6 Å². The van der Waals surface area contributed by atoms with Crippen molar-refractivity contribution in [2.75, 3.05) is 10.6 Å². The van der Waals surface area contributed by atoms with Gasteiger partial charge in [-0.1, -0.05) is 23.2 Å². The second-order valence-corrected chi connectivity index (χ2v) is 6.69. The van der Waals surface area contributed by atoms with Crippen LogP contribution in [-0.2, 0) is 0 Å². The maximum atomic E-state index is 12.6. The topological polar surface area (TPSA) is 104 Å². The number of carbonyl (C=O) groups excluding carboxylic acids is 1. The summed E-state index contributed by atoms with van der Waals surface area (Å²) in [4.78, 5) is 25.3. The highest BCUT2D eigenvalue weighted by atomic mass is 35.5. The van der Waals surface area contributed by atoms with E-state index < -0.39 is 5.91 Å². The number of rotatable bonds is 4. The number of pyridine rings is 1. The fourth-order valence-electron chi connectivity index (χ4n) is 2.54. The number of benzene rings is 1. The third-order valence-corrected chi connectivity index (χ3v) is 4.23. The number of amides is 1. The van der Waals surface area contributed by atoms with Crippen LogP contribution in [0.1, 0.15) is 27.4 Å². The largest absolute Gasteiger partial charge is 0.325 e. The molecule has 0 atom stereocenters. The van der Waals surface area contributed by atoms with Crippen LogP contribution in [0.4, 0.5) is 17.3 Å². The summed E-state index contributed by atoms with van der Waals surface area (Å²) in [7, 11) is 0. The van der Waals surface area contributed by atoms with Crippen molar-refractivity contribution < 1.29 is 4.79 Å². The Morgan fingerprint density at radius 1 is 1.07 bits per heavy atom. The monoisotopic (exact) mass is 412 g/mol. The lowest BCUT2D eigenvalue weighted by atomic mass is 10.1. The number of hydrogen-bond donors (Lipinski definition) is 2. The summed E-state index contributed by atoms with van der Waals surface area (Å²) in [6.07, 6.45) is 1.54. The van der Waals surface area contributed by atoms with E-state index in [4.69, 9.17) is 28.5 Å². The fourth-order valence-corrected chi connectivity index (χ4v) is 3.20. The first-order valence-electron chi connectivity index (χ1n) is 8.11. The lowest BCUT2D eigenvalue weighted by Gasteiger charge is -2.11. The summed E-state index contributed by atoms with van der Waals surface area (Å²) in [5.74, 6) is 1.23. The molecule has 1 amide bonds. The molecular weight excluding hydrogens is 399 g/mol. The van der Waals surface area contributed by atoms with Crippen LogP contribution in [-0.4, -0.2) is 20.9 Å². The lowest BCUT2D eigenvalue weighted by Crippen LogP contribution is -2.13. The number of halogens is 2. The molecule has 0 radical (unpaired) electrons. The van der Waals surface area contributed by atoms with Gasteiger partial charge in [0.2, 0.25) is 0 Å². The zero-order valence-corrected chi connectivity index (χ0v) is 16.4. The van der Waals surface area contributed by atoms with Gasteiger partial charge in [-0.25, -0.2) is 15.0 Å². The molecule has 3 aromatic rings. The van der Waals surface area contributed by atoms with Gasteiger partial charge in [0.25, 0.3) is 5.91 Å². The van der Waals surface area contributed by atoms with Gasteiger partial charge in [-0.05, 0) is 32.0 Å². The minimum Gasteiger partial charge on any atom is -0.325 e. The van der Waals surface area contributed by atoms with Crippen LogP contribution in [0.25, 0.3) is 0 Å². The number of nitrogens with one attached hydrogen (secondary N) is 2. The highest BCUT2D eigenvalue weighted by Gasteiger charge is 2.17. The number of nitriles is 1. The molecule has 2 heterocycles. The van der Waals surface area contributed by atoms with Crippen LogP contribution in [0.15, 0.2) is 36.5 Å². The number of anilines is 3. The molecule has 0 saturated heterocycles. The van der Waals surface area contributed by atoms with Crippen LogP contribution in [0, 0.1) is 25.2 Å². The van der Waals surface area contributed by atoms with Crippen molar-refractivity contribution in [3.05, 3.63) is 69.2 Å². The van der Waals surface area contributed by atoms with Crippen LogP contribution in [0.2, 0.25) is 10.0 Å². The number of nitrogens with zero attached hydrogens (tertiary/aromatic N) is 4. The summed E-state index contributed by atoms with van der Waals surface area (Å²) < 4.78 is 0. The van der Waals surface area contributed by atoms with Gasteiger partial charge in [0, 0.05) is 29.7 Å². The zero-order valence-electron chi connectivity index (χ0n) is 14.9. The Labute approximate surface area is 171 Å². The summed E-state index contributed by atoms with van der Waals surface area (Å²) in [5, 5.41) is 14.9. The van der Waals surface area contributed by atoms with Crippen molar-refractivity contribution >= 4 is 46.4 Å². The molecule has 7 nitrogen and oxygen atoms in total. The van der Waals surface area contributed by atoms with E-state index in [1.165, 1.54) is 12.1 Å². The summed E-state index contributed by atoms with van der Waals surface area (Å²) >= 11 is 12.2. The minimum absolute atomic E-state index is 0.0932. The maximum Gasteiger partial charge on any atom is 0.258 e. The number of carbonyl (C=O) groups is 1. The Bertz CT molecular complexity index is 1070. The normalized spacial score (nSPS) is 10.2. The molecule has 0 bridgehead atoms. The molecule has 0 aliphatic carbocycles. The number of aryl methyl sites for hydroxylation is 2. The lowest BCUT2D eigenvalue weighted by molar-refractivity contribution is 0.102.